The fraction of sp³-hybridized carbons (Fsp3) is 0.294. The monoisotopic (exact) mass is 378 g/mol. The van der Waals surface area contributed by atoms with Crippen LogP contribution in [-0.2, 0) is 20.8 Å². The van der Waals surface area contributed by atoms with E-state index < -0.39 is 17.8 Å². The van der Waals surface area contributed by atoms with Crippen LogP contribution in [-0.4, -0.2) is 36.6 Å². The molecule has 0 aliphatic rings. The quantitative estimate of drug-likeness (QED) is 0.795. The molecule has 0 saturated carbocycles. The fourth-order valence-electron chi connectivity index (χ4n) is 2.30. The molecule has 0 radical (unpaired) electrons. The van der Waals surface area contributed by atoms with Crippen molar-refractivity contribution < 1.29 is 23.9 Å². The van der Waals surface area contributed by atoms with Gasteiger partial charge in [0.15, 0.2) is 0 Å². The normalized spacial score (nSPS) is 10.3. The number of carbonyl (C=O) groups excluding carboxylic acids is 3. The first-order valence-electron chi connectivity index (χ1n) is 7.55. The first kappa shape index (κ1) is 19.4. The van der Waals surface area contributed by atoms with Gasteiger partial charge < -0.3 is 19.4 Å². The van der Waals surface area contributed by atoms with Gasteiger partial charge in [-0.2, -0.15) is 0 Å². The Labute approximate surface area is 153 Å². The fourth-order valence-corrected chi connectivity index (χ4v) is 3.42. The van der Waals surface area contributed by atoms with Crippen molar-refractivity contribution in [1.82, 2.24) is 4.57 Å². The lowest BCUT2D eigenvalue weighted by molar-refractivity contribution is -0.116. The molecule has 0 bridgehead atoms. The summed E-state index contributed by atoms with van der Waals surface area (Å²) in [5.74, 6) is -1.82. The third kappa shape index (κ3) is 3.99. The molecule has 0 aromatic carbocycles. The number of carbonyl (C=O) groups is 3. The van der Waals surface area contributed by atoms with Crippen LogP contribution in [0.15, 0.2) is 23.1 Å². The highest BCUT2D eigenvalue weighted by molar-refractivity contribution is 7.18. The van der Waals surface area contributed by atoms with Crippen LogP contribution in [0.1, 0.15) is 31.2 Å². The summed E-state index contributed by atoms with van der Waals surface area (Å²) < 4.78 is 10.7. The van der Waals surface area contributed by atoms with Gasteiger partial charge in [-0.05, 0) is 31.0 Å². The van der Waals surface area contributed by atoms with Crippen molar-refractivity contribution in [3.05, 3.63) is 50.3 Å². The van der Waals surface area contributed by atoms with E-state index in [1.807, 2.05) is 0 Å². The molecule has 8 nitrogen and oxygen atoms in total. The van der Waals surface area contributed by atoms with Crippen molar-refractivity contribution in [1.29, 1.82) is 0 Å². The number of rotatable bonds is 5. The standard InChI is InChI=1S/C17H18N2O6S/c1-9-5-6-19(12(21)7-9)8-11(20)18-15-13(16(22)24-3)10(2)14(26-15)17(23)25-4/h5-7H,8H2,1-4H3,(H,18,20). The summed E-state index contributed by atoms with van der Waals surface area (Å²) in [7, 11) is 2.43. The number of anilines is 1. The largest absolute Gasteiger partial charge is 0.465 e. The Morgan fingerprint density at radius 1 is 1.15 bits per heavy atom. The Morgan fingerprint density at radius 2 is 1.81 bits per heavy atom. The van der Waals surface area contributed by atoms with Gasteiger partial charge in [-0.3, -0.25) is 9.59 Å². The minimum absolute atomic E-state index is 0.0857. The molecule has 0 aliphatic carbocycles. The number of methoxy groups -OCH3 is 2. The number of aryl methyl sites for hydroxylation is 1. The number of ether oxygens (including phenoxy) is 2. The zero-order valence-electron chi connectivity index (χ0n) is 14.7. The summed E-state index contributed by atoms with van der Waals surface area (Å²) in [6, 6.07) is 3.12. The van der Waals surface area contributed by atoms with Crippen LogP contribution in [0.2, 0.25) is 0 Å². The number of esters is 2. The first-order valence-corrected chi connectivity index (χ1v) is 8.37. The van der Waals surface area contributed by atoms with Gasteiger partial charge in [-0.25, -0.2) is 9.59 Å². The number of hydrogen-bond acceptors (Lipinski definition) is 7. The van der Waals surface area contributed by atoms with Crippen LogP contribution in [0.5, 0.6) is 0 Å². The lowest BCUT2D eigenvalue weighted by Gasteiger charge is -2.08. The van der Waals surface area contributed by atoms with E-state index in [2.05, 4.69) is 10.1 Å². The highest BCUT2D eigenvalue weighted by Gasteiger charge is 2.26. The SMILES string of the molecule is COC(=O)c1sc(NC(=O)Cn2ccc(C)cc2=O)c(C(=O)OC)c1C. The molecule has 0 fully saturated rings. The number of pyridine rings is 1. The lowest BCUT2D eigenvalue weighted by atomic mass is 10.1. The number of thiophene rings is 1. The van der Waals surface area contributed by atoms with Crippen LogP contribution in [0.3, 0.4) is 0 Å². The minimum Gasteiger partial charge on any atom is -0.465 e. The van der Waals surface area contributed by atoms with E-state index in [1.165, 1.54) is 31.0 Å². The number of aromatic nitrogens is 1. The Kier molecular flexibility index (Phi) is 5.93. The van der Waals surface area contributed by atoms with Gasteiger partial charge in [-0.1, -0.05) is 0 Å². The highest BCUT2D eigenvalue weighted by atomic mass is 32.1. The summed E-state index contributed by atoms with van der Waals surface area (Å²) >= 11 is 0.913. The van der Waals surface area contributed by atoms with Crippen molar-refractivity contribution in [2.24, 2.45) is 0 Å². The molecule has 0 unspecified atom stereocenters. The Hall–Kier alpha value is -2.94. The van der Waals surface area contributed by atoms with E-state index in [0.717, 1.165) is 16.9 Å². The number of amides is 1. The van der Waals surface area contributed by atoms with Gasteiger partial charge >= 0.3 is 11.9 Å². The van der Waals surface area contributed by atoms with Gasteiger partial charge in [0.1, 0.15) is 16.4 Å². The van der Waals surface area contributed by atoms with Crippen LogP contribution >= 0.6 is 11.3 Å². The average Bonchev–Trinajstić information content (AvgIpc) is 2.92. The molecule has 0 aliphatic heterocycles. The number of hydrogen-bond donors (Lipinski definition) is 1. The third-order valence-corrected chi connectivity index (χ3v) is 4.81. The van der Waals surface area contributed by atoms with E-state index in [1.54, 1.807) is 19.9 Å². The highest BCUT2D eigenvalue weighted by Crippen LogP contribution is 2.34. The Balaban J connectivity index is 2.32. The second-order valence-corrected chi connectivity index (χ2v) is 6.48. The van der Waals surface area contributed by atoms with Gasteiger partial charge in [0, 0.05) is 12.3 Å². The molecule has 2 aromatic rings. The zero-order chi connectivity index (χ0) is 19.4. The smallest absolute Gasteiger partial charge is 0.348 e. The molecule has 2 aromatic heterocycles. The van der Waals surface area contributed by atoms with Crippen molar-refractivity contribution in [2.45, 2.75) is 20.4 Å². The maximum Gasteiger partial charge on any atom is 0.348 e. The summed E-state index contributed by atoms with van der Waals surface area (Å²) in [6.45, 7) is 3.11. The third-order valence-electron chi connectivity index (χ3n) is 3.63. The molecule has 2 heterocycles. The zero-order valence-corrected chi connectivity index (χ0v) is 15.6. The molecule has 9 heteroatoms. The van der Waals surface area contributed by atoms with Crippen molar-refractivity contribution in [3.8, 4) is 0 Å². The molecule has 1 N–H and O–H groups in total. The molecule has 0 spiro atoms. The summed E-state index contributed by atoms with van der Waals surface area (Å²) in [6.07, 6.45) is 1.51. The summed E-state index contributed by atoms with van der Waals surface area (Å²) in [4.78, 5) is 48.3. The first-order chi connectivity index (χ1) is 12.3. The predicted molar refractivity (Wildman–Crippen MR) is 95.8 cm³/mol. The minimum atomic E-state index is -0.684. The van der Waals surface area contributed by atoms with Crippen LogP contribution in [0.4, 0.5) is 5.00 Å². The Morgan fingerprint density at radius 3 is 2.38 bits per heavy atom. The number of nitrogens with zero attached hydrogens (tertiary/aromatic N) is 1. The molecular formula is C17H18N2O6S. The van der Waals surface area contributed by atoms with Crippen LogP contribution < -0.4 is 10.9 Å². The van der Waals surface area contributed by atoms with E-state index in [-0.39, 0.29) is 27.5 Å². The van der Waals surface area contributed by atoms with Crippen LogP contribution in [0, 0.1) is 13.8 Å². The second-order valence-electron chi connectivity index (χ2n) is 5.46. The van der Waals surface area contributed by atoms with Crippen molar-refractivity contribution in [3.63, 3.8) is 0 Å². The maximum absolute atomic E-state index is 12.3. The summed E-state index contributed by atoms with van der Waals surface area (Å²) in [5.41, 5.74) is 0.918. The second kappa shape index (κ2) is 7.96. The predicted octanol–water partition coefficient (Wildman–Crippen LogP) is 1.74. The molecule has 0 saturated heterocycles. The molecule has 1 amide bonds. The number of nitrogens with one attached hydrogen (secondary N) is 1. The van der Waals surface area contributed by atoms with E-state index >= 15 is 0 Å². The van der Waals surface area contributed by atoms with Gasteiger partial charge in [0.2, 0.25) is 5.91 Å². The maximum atomic E-state index is 12.3. The van der Waals surface area contributed by atoms with Gasteiger partial charge in [-0.15, -0.1) is 11.3 Å². The topological polar surface area (TPSA) is 104 Å². The van der Waals surface area contributed by atoms with E-state index in [9.17, 15) is 19.2 Å². The summed E-state index contributed by atoms with van der Waals surface area (Å²) in [5, 5.41) is 2.73. The van der Waals surface area contributed by atoms with Gasteiger partial charge in [0.25, 0.3) is 5.56 Å². The molecule has 26 heavy (non-hydrogen) atoms. The molecule has 138 valence electrons. The van der Waals surface area contributed by atoms with Crippen LogP contribution in [0.25, 0.3) is 0 Å². The molecule has 2 rings (SSSR count). The average molecular weight is 378 g/mol. The Bertz CT molecular complexity index is 928. The molecule has 0 atom stereocenters. The van der Waals surface area contributed by atoms with Gasteiger partial charge in [0.05, 0.1) is 19.8 Å². The van der Waals surface area contributed by atoms with Crippen molar-refractivity contribution >= 4 is 34.2 Å². The van der Waals surface area contributed by atoms with E-state index in [4.69, 9.17) is 4.74 Å². The lowest BCUT2D eigenvalue weighted by Crippen LogP contribution is -2.27. The van der Waals surface area contributed by atoms with Crippen molar-refractivity contribution in [2.75, 3.05) is 19.5 Å². The van der Waals surface area contributed by atoms with E-state index in [0.29, 0.717) is 5.56 Å². The molecular weight excluding hydrogens is 360 g/mol.